The third kappa shape index (κ3) is 4.99. The fourth-order valence-corrected chi connectivity index (χ4v) is 4.87. The number of carbonyl (C=O) groups is 2. The van der Waals surface area contributed by atoms with Crippen molar-refractivity contribution in [1.82, 2.24) is 9.88 Å². The summed E-state index contributed by atoms with van der Waals surface area (Å²) in [6.45, 7) is 11.2. The first kappa shape index (κ1) is 23.9. The summed E-state index contributed by atoms with van der Waals surface area (Å²) in [5.41, 5.74) is 2.40. The summed E-state index contributed by atoms with van der Waals surface area (Å²) >= 11 is 0. The number of rotatable bonds is 6. The van der Waals surface area contributed by atoms with Gasteiger partial charge in [0.1, 0.15) is 12.4 Å². The second kappa shape index (κ2) is 9.22. The molecule has 1 fully saturated rings. The first-order valence-electron chi connectivity index (χ1n) is 11.7. The Morgan fingerprint density at radius 3 is 2.50 bits per heavy atom. The van der Waals surface area contributed by atoms with Gasteiger partial charge in [0.05, 0.1) is 23.7 Å². The molecule has 0 bridgehead atoms. The normalized spacial score (nSPS) is 16.6. The highest BCUT2D eigenvalue weighted by Gasteiger charge is 2.40. The largest absolute Gasteiger partial charge is 0.543 e. The van der Waals surface area contributed by atoms with Crippen LogP contribution in [0.3, 0.4) is 0 Å². The number of cyclic esters (lactones) is 1. The molecule has 2 heterocycles. The maximum atomic E-state index is 13.3. The number of nitrogens with zero attached hydrogens (tertiary/aromatic N) is 2. The predicted octanol–water partition coefficient (Wildman–Crippen LogP) is 5.75. The number of hydrogen-bond acceptors (Lipinski definition) is 5. The van der Waals surface area contributed by atoms with Crippen LogP contribution in [0.2, 0.25) is 18.1 Å². The second-order valence-electron chi connectivity index (χ2n) is 10.4. The van der Waals surface area contributed by atoms with Crippen LogP contribution < -0.4 is 4.43 Å². The van der Waals surface area contributed by atoms with Gasteiger partial charge in [-0.15, -0.1) is 0 Å². The molecule has 34 heavy (non-hydrogen) atoms. The van der Waals surface area contributed by atoms with E-state index in [2.05, 4.69) is 33.9 Å². The zero-order valence-corrected chi connectivity index (χ0v) is 21.5. The van der Waals surface area contributed by atoms with Crippen LogP contribution in [0.25, 0.3) is 10.9 Å². The van der Waals surface area contributed by atoms with E-state index in [1.165, 1.54) is 4.90 Å². The van der Waals surface area contributed by atoms with Crippen molar-refractivity contribution in [2.75, 3.05) is 6.61 Å². The standard InChI is InChI=1S/C27H32N2O4Si/c1-27(2,3)34(4,5)33-24-16-20(28-23-14-10-9-13-22(23)24)17-25(30)29-21(18-32-26(29)31)15-19-11-7-6-8-12-19/h6-14,16,21H,15,17-18H2,1-5H3. The zero-order chi connectivity index (χ0) is 24.5. The Labute approximate surface area is 202 Å². The number of amides is 2. The van der Waals surface area contributed by atoms with E-state index >= 15 is 0 Å². The van der Waals surface area contributed by atoms with E-state index in [9.17, 15) is 9.59 Å². The molecule has 1 unspecified atom stereocenters. The van der Waals surface area contributed by atoms with E-state index in [4.69, 9.17) is 14.1 Å². The lowest BCUT2D eigenvalue weighted by Gasteiger charge is -2.36. The van der Waals surface area contributed by atoms with Crippen LogP contribution in [-0.2, 0) is 22.4 Å². The smallest absolute Gasteiger partial charge is 0.416 e. The third-order valence-corrected chi connectivity index (χ3v) is 11.1. The number of ether oxygens (including phenoxy) is 1. The Morgan fingerprint density at radius 1 is 1.12 bits per heavy atom. The number of pyridine rings is 1. The number of benzene rings is 2. The van der Waals surface area contributed by atoms with Crippen LogP contribution in [0.5, 0.6) is 5.75 Å². The molecule has 0 N–H and O–H groups in total. The van der Waals surface area contributed by atoms with Gasteiger partial charge in [0.25, 0.3) is 8.32 Å². The SMILES string of the molecule is CC(C)(C)[Si](C)(C)Oc1cc(CC(=O)N2C(=O)OCC2Cc2ccccc2)nc2ccccc12. The van der Waals surface area contributed by atoms with E-state index in [-0.39, 0.29) is 30.0 Å². The van der Waals surface area contributed by atoms with Crippen LogP contribution in [-0.4, -0.2) is 42.9 Å². The van der Waals surface area contributed by atoms with E-state index in [1.807, 2.05) is 60.7 Å². The molecule has 1 aromatic heterocycles. The average molecular weight is 477 g/mol. The van der Waals surface area contributed by atoms with Crippen molar-refractivity contribution in [2.24, 2.45) is 0 Å². The maximum Gasteiger partial charge on any atom is 0.416 e. The summed E-state index contributed by atoms with van der Waals surface area (Å²) in [6, 6.07) is 19.1. The molecule has 2 aromatic carbocycles. The molecule has 1 aliphatic heterocycles. The summed E-state index contributed by atoms with van der Waals surface area (Å²) < 4.78 is 11.9. The molecule has 0 aliphatic carbocycles. The Kier molecular flexibility index (Phi) is 6.49. The van der Waals surface area contributed by atoms with Crippen molar-refractivity contribution in [1.29, 1.82) is 0 Å². The topological polar surface area (TPSA) is 68.7 Å². The van der Waals surface area contributed by atoms with Gasteiger partial charge in [-0.2, -0.15) is 0 Å². The van der Waals surface area contributed by atoms with Crippen molar-refractivity contribution in [3.8, 4) is 5.75 Å². The van der Waals surface area contributed by atoms with Crippen molar-refractivity contribution in [3.05, 3.63) is 71.9 Å². The molecule has 1 saturated heterocycles. The third-order valence-electron chi connectivity index (χ3n) is 6.78. The first-order chi connectivity index (χ1) is 16.0. The van der Waals surface area contributed by atoms with Gasteiger partial charge in [-0.3, -0.25) is 9.78 Å². The van der Waals surface area contributed by atoms with Gasteiger partial charge in [0, 0.05) is 11.5 Å². The lowest BCUT2D eigenvalue weighted by molar-refractivity contribution is -0.128. The molecule has 0 spiro atoms. The minimum atomic E-state index is -2.11. The number of fused-ring (bicyclic) bond motifs is 1. The van der Waals surface area contributed by atoms with Gasteiger partial charge in [-0.1, -0.05) is 63.2 Å². The molecule has 1 atom stereocenters. The lowest BCUT2D eigenvalue weighted by atomic mass is 10.1. The second-order valence-corrected chi connectivity index (χ2v) is 15.1. The minimum Gasteiger partial charge on any atom is -0.543 e. The van der Waals surface area contributed by atoms with E-state index < -0.39 is 14.4 Å². The van der Waals surface area contributed by atoms with Crippen LogP contribution in [0, 0.1) is 0 Å². The Hall–Kier alpha value is -3.19. The van der Waals surface area contributed by atoms with Crippen molar-refractivity contribution in [2.45, 2.75) is 57.8 Å². The van der Waals surface area contributed by atoms with E-state index in [1.54, 1.807) is 0 Å². The maximum absolute atomic E-state index is 13.3. The summed E-state index contributed by atoms with van der Waals surface area (Å²) in [4.78, 5) is 31.7. The van der Waals surface area contributed by atoms with Gasteiger partial charge in [0.2, 0.25) is 5.91 Å². The predicted molar refractivity (Wildman–Crippen MR) is 135 cm³/mol. The van der Waals surface area contributed by atoms with Crippen molar-refractivity contribution in [3.63, 3.8) is 0 Å². The molecule has 3 aromatic rings. The number of imide groups is 1. The Balaban J connectivity index is 1.61. The molecule has 1 aliphatic rings. The van der Waals surface area contributed by atoms with Crippen molar-refractivity contribution >= 4 is 31.2 Å². The molecule has 6 nitrogen and oxygen atoms in total. The van der Waals surface area contributed by atoms with Crippen molar-refractivity contribution < 1.29 is 18.8 Å². The Bertz CT molecular complexity index is 1200. The summed E-state index contributed by atoms with van der Waals surface area (Å²) in [5.74, 6) is 0.425. The van der Waals surface area contributed by atoms with Gasteiger partial charge in [-0.25, -0.2) is 9.69 Å². The highest BCUT2D eigenvalue weighted by molar-refractivity contribution is 6.74. The fraction of sp³-hybridized carbons (Fsp3) is 0.370. The van der Waals surface area contributed by atoms with Crippen LogP contribution in [0.1, 0.15) is 32.0 Å². The monoisotopic (exact) mass is 476 g/mol. The molecule has 178 valence electrons. The van der Waals surface area contributed by atoms with Gasteiger partial charge in [-0.05, 0) is 42.2 Å². The average Bonchev–Trinajstić information content (AvgIpc) is 3.13. The quantitative estimate of drug-likeness (QED) is 0.424. The highest BCUT2D eigenvalue weighted by atomic mass is 28.4. The number of para-hydroxylation sites is 1. The summed E-state index contributed by atoms with van der Waals surface area (Å²) in [5, 5.41) is 0.947. The van der Waals surface area contributed by atoms with Crippen LogP contribution in [0.15, 0.2) is 60.7 Å². The molecule has 4 rings (SSSR count). The Morgan fingerprint density at radius 2 is 1.79 bits per heavy atom. The van der Waals surface area contributed by atoms with E-state index in [0.717, 1.165) is 22.2 Å². The molecule has 0 saturated carbocycles. The van der Waals surface area contributed by atoms with Crippen LogP contribution in [0.4, 0.5) is 4.79 Å². The molecule has 2 amide bonds. The minimum absolute atomic E-state index is 0.000907. The summed E-state index contributed by atoms with van der Waals surface area (Å²) in [7, 11) is -2.11. The number of hydrogen-bond donors (Lipinski definition) is 0. The first-order valence-corrected chi connectivity index (χ1v) is 14.6. The number of carbonyl (C=O) groups excluding carboxylic acids is 2. The van der Waals surface area contributed by atoms with Gasteiger partial charge < -0.3 is 9.16 Å². The zero-order valence-electron chi connectivity index (χ0n) is 20.5. The summed E-state index contributed by atoms with van der Waals surface area (Å²) in [6.07, 6.45) is -0.0353. The molecular weight excluding hydrogens is 444 g/mol. The van der Waals surface area contributed by atoms with E-state index in [0.29, 0.717) is 12.1 Å². The molecule has 0 radical (unpaired) electrons. The lowest BCUT2D eigenvalue weighted by Crippen LogP contribution is -2.44. The van der Waals surface area contributed by atoms with Crippen LogP contribution >= 0.6 is 0 Å². The fourth-order valence-electron chi connectivity index (χ4n) is 3.84. The highest BCUT2D eigenvalue weighted by Crippen LogP contribution is 2.39. The molecular formula is C27H32N2O4Si. The molecule has 7 heteroatoms. The number of aromatic nitrogens is 1. The van der Waals surface area contributed by atoms with Gasteiger partial charge >= 0.3 is 6.09 Å². The van der Waals surface area contributed by atoms with Gasteiger partial charge in [0.15, 0.2) is 0 Å².